The van der Waals surface area contributed by atoms with Crippen LogP contribution in [0.25, 0.3) is 0 Å². The van der Waals surface area contributed by atoms with E-state index in [1.165, 1.54) is 29.7 Å². The van der Waals surface area contributed by atoms with Gasteiger partial charge in [-0.15, -0.1) is 11.3 Å². The summed E-state index contributed by atoms with van der Waals surface area (Å²) in [5.74, 6) is 0. The van der Waals surface area contributed by atoms with Crippen molar-refractivity contribution < 1.29 is 0 Å². The lowest BCUT2D eigenvalue weighted by Gasteiger charge is -2.37. The lowest BCUT2D eigenvalue weighted by molar-refractivity contribution is 0.175. The summed E-state index contributed by atoms with van der Waals surface area (Å²) in [5.41, 5.74) is 8.30. The molecule has 0 amide bonds. The van der Waals surface area contributed by atoms with Gasteiger partial charge in [-0.1, -0.05) is 0 Å². The Bertz CT molecular complexity index is 339. The molecule has 0 unspecified atom stereocenters. The SMILES string of the molecule is N[C@@H]1c2sccc2CC12CCNCC2. The van der Waals surface area contributed by atoms with Crippen molar-refractivity contribution in [3.63, 3.8) is 0 Å². The summed E-state index contributed by atoms with van der Waals surface area (Å²) < 4.78 is 0. The average Bonchev–Trinajstić information content (AvgIpc) is 2.73. The maximum atomic E-state index is 6.38. The Kier molecular flexibility index (Phi) is 1.94. The molecule has 14 heavy (non-hydrogen) atoms. The molecule has 2 nitrogen and oxygen atoms in total. The van der Waals surface area contributed by atoms with Gasteiger partial charge in [-0.3, -0.25) is 0 Å². The molecule has 1 saturated heterocycles. The van der Waals surface area contributed by atoms with Crippen molar-refractivity contribution in [1.29, 1.82) is 0 Å². The first-order valence-electron chi connectivity index (χ1n) is 5.34. The van der Waals surface area contributed by atoms with Crippen molar-refractivity contribution in [3.05, 3.63) is 21.9 Å². The molecule has 76 valence electrons. The normalized spacial score (nSPS) is 29.4. The number of hydrogen-bond acceptors (Lipinski definition) is 3. The van der Waals surface area contributed by atoms with E-state index in [-0.39, 0.29) is 0 Å². The van der Waals surface area contributed by atoms with E-state index >= 15 is 0 Å². The van der Waals surface area contributed by atoms with Crippen molar-refractivity contribution in [1.82, 2.24) is 5.32 Å². The lowest BCUT2D eigenvalue weighted by Crippen LogP contribution is -2.41. The van der Waals surface area contributed by atoms with Gasteiger partial charge in [0.1, 0.15) is 0 Å². The van der Waals surface area contributed by atoms with Crippen molar-refractivity contribution in [3.8, 4) is 0 Å². The maximum Gasteiger partial charge on any atom is 0.0453 e. The minimum atomic E-state index is 0.305. The van der Waals surface area contributed by atoms with Gasteiger partial charge in [0.05, 0.1) is 0 Å². The first-order chi connectivity index (χ1) is 6.82. The highest BCUT2D eigenvalue weighted by atomic mass is 32.1. The Labute approximate surface area is 88.5 Å². The summed E-state index contributed by atoms with van der Waals surface area (Å²) in [6, 6.07) is 2.57. The molecule has 2 heterocycles. The van der Waals surface area contributed by atoms with Gasteiger partial charge in [0.15, 0.2) is 0 Å². The molecule has 0 saturated carbocycles. The summed E-state index contributed by atoms with van der Waals surface area (Å²) in [6.07, 6.45) is 3.71. The number of nitrogens with two attached hydrogens (primary N) is 1. The molecule has 1 fully saturated rings. The topological polar surface area (TPSA) is 38.0 Å². The number of nitrogens with one attached hydrogen (secondary N) is 1. The van der Waals surface area contributed by atoms with Crippen LogP contribution in [0.5, 0.6) is 0 Å². The molecular weight excluding hydrogens is 192 g/mol. The molecule has 1 aliphatic heterocycles. The van der Waals surface area contributed by atoms with E-state index in [1.54, 1.807) is 0 Å². The smallest absolute Gasteiger partial charge is 0.0453 e. The summed E-state index contributed by atoms with van der Waals surface area (Å²) in [4.78, 5) is 1.45. The van der Waals surface area contributed by atoms with E-state index in [4.69, 9.17) is 5.73 Å². The van der Waals surface area contributed by atoms with Crippen LogP contribution in [-0.2, 0) is 6.42 Å². The fourth-order valence-electron chi connectivity index (χ4n) is 2.95. The van der Waals surface area contributed by atoms with Crippen LogP contribution in [0.4, 0.5) is 0 Å². The number of fused-ring (bicyclic) bond motifs is 1. The number of rotatable bonds is 0. The van der Waals surface area contributed by atoms with E-state index in [1.807, 2.05) is 11.3 Å². The van der Waals surface area contributed by atoms with Crippen LogP contribution in [0, 0.1) is 5.41 Å². The van der Waals surface area contributed by atoms with Crippen LogP contribution in [-0.4, -0.2) is 13.1 Å². The van der Waals surface area contributed by atoms with E-state index in [9.17, 15) is 0 Å². The van der Waals surface area contributed by atoms with E-state index in [2.05, 4.69) is 16.8 Å². The van der Waals surface area contributed by atoms with Crippen molar-refractivity contribution in [2.75, 3.05) is 13.1 Å². The molecule has 0 bridgehead atoms. The second-order valence-corrected chi connectivity index (χ2v) is 5.52. The minimum Gasteiger partial charge on any atom is -0.323 e. The van der Waals surface area contributed by atoms with E-state index in [0.717, 1.165) is 13.1 Å². The molecule has 3 heteroatoms. The Morgan fingerprint density at radius 1 is 1.43 bits per heavy atom. The van der Waals surface area contributed by atoms with Crippen LogP contribution in [0.2, 0.25) is 0 Å². The summed E-state index contributed by atoms with van der Waals surface area (Å²) in [6.45, 7) is 2.28. The van der Waals surface area contributed by atoms with Gasteiger partial charge in [0.2, 0.25) is 0 Å². The predicted molar refractivity (Wildman–Crippen MR) is 59.5 cm³/mol. The zero-order valence-corrected chi connectivity index (χ0v) is 9.07. The summed E-state index contributed by atoms with van der Waals surface area (Å²) in [5, 5.41) is 5.60. The third-order valence-electron chi connectivity index (χ3n) is 3.86. The van der Waals surface area contributed by atoms with Crippen molar-refractivity contribution >= 4 is 11.3 Å². The summed E-state index contributed by atoms with van der Waals surface area (Å²) >= 11 is 1.84. The highest BCUT2D eigenvalue weighted by molar-refractivity contribution is 7.10. The van der Waals surface area contributed by atoms with Gasteiger partial charge in [-0.2, -0.15) is 0 Å². The van der Waals surface area contributed by atoms with Crippen LogP contribution >= 0.6 is 11.3 Å². The monoisotopic (exact) mass is 208 g/mol. The lowest BCUT2D eigenvalue weighted by atomic mass is 9.74. The van der Waals surface area contributed by atoms with Crippen LogP contribution < -0.4 is 11.1 Å². The predicted octanol–water partition coefficient (Wildman–Crippen LogP) is 1.67. The Morgan fingerprint density at radius 3 is 2.93 bits per heavy atom. The van der Waals surface area contributed by atoms with Gasteiger partial charge < -0.3 is 11.1 Å². The van der Waals surface area contributed by atoms with Gasteiger partial charge in [0, 0.05) is 10.9 Å². The van der Waals surface area contributed by atoms with Crippen molar-refractivity contribution in [2.45, 2.75) is 25.3 Å². The number of thiophene rings is 1. The highest BCUT2D eigenvalue weighted by Gasteiger charge is 2.45. The average molecular weight is 208 g/mol. The Balaban J connectivity index is 1.94. The fraction of sp³-hybridized carbons (Fsp3) is 0.636. The highest BCUT2D eigenvalue weighted by Crippen LogP contribution is 2.51. The van der Waals surface area contributed by atoms with Gasteiger partial charge in [-0.05, 0) is 54.8 Å². The largest absolute Gasteiger partial charge is 0.323 e. The van der Waals surface area contributed by atoms with Crippen LogP contribution in [0.15, 0.2) is 11.4 Å². The standard InChI is InChI=1S/C11H16N2S/c12-10-9-8(1-6-14-9)7-11(10)2-4-13-5-3-11/h1,6,10,13H,2-5,7,12H2/t10-/m1/s1. The second-order valence-electron chi connectivity index (χ2n) is 4.58. The molecule has 0 aromatic carbocycles. The van der Waals surface area contributed by atoms with Gasteiger partial charge >= 0.3 is 0 Å². The Morgan fingerprint density at radius 2 is 2.21 bits per heavy atom. The van der Waals surface area contributed by atoms with E-state index < -0.39 is 0 Å². The number of piperidine rings is 1. The molecule has 3 rings (SSSR count). The van der Waals surface area contributed by atoms with Crippen molar-refractivity contribution in [2.24, 2.45) is 11.1 Å². The van der Waals surface area contributed by atoms with Gasteiger partial charge in [-0.25, -0.2) is 0 Å². The molecule has 1 aliphatic carbocycles. The van der Waals surface area contributed by atoms with Crippen LogP contribution in [0.3, 0.4) is 0 Å². The molecule has 1 spiro atoms. The third-order valence-corrected chi connectivity index (χ3v) is 4.91. The zero-order chi connectivity index (χ0) is 9.60. The molecule has 2 aliphatic rings. The molecule has 3 N–H and O–H groups in total. The first kappa shape index (κ1) is 8.89. The molecule has 1 atom stereocenters. The number of hydrogen-bond donors (Lipinski definition) is 2. The van der Waals surface area contributed by atoms with Gasteiger partial charge in [0.25, 0.3) is 0 Å². The van der Waals surface area contributed by atoms with E-state index in [0.29, 0.717) is 11.5 Å². The zero-order valence-electron chi connectivity index (χ0n) is 8.25. The maximum absolute atomic E-state index is 6.38. The minimum absolute atomic E-state index is 0.305. The molecule has 1 aromatic heterocycles. The molecular formula is C11H16N2S. The third kappa shape index (κ3) is 1.09. The molecule has 1 aromatic rings. The quantitative estimate of drug-likeness (QED) is 0.680. The fourth-order valence-corrected chi connectivity index (χ4v) is 4.01. The summed E-state index contributed by atoms with van der Waals surface area (Å²) in [7, 11) is 0. The molecule has 0 radical (unpaired) electrons. The second kappa shape index (κ2) is 3.05. The Hall–Kier alpha value is -0.380. The van der Waals surface area contributed by atoms with Crippen LogP contribution in [0.1, 0.15) is 29.3 Å². The first-order valence-corrected chi connectivity index (χ1v) is 6.22.